The molecule has 0 radical (unpaired) electrons. The normalized spacial score (nSPS) is 21.2. The summed E-state index contributed by atoms with van der Waals surface area (Å²) in [6, 6.07) is 0. The second-order valence-electron chi connectivity index (χ2n) is 6.15. The molecule has 2 saturated heterocycles. The molecule has 0 aromatic carbocycles. The van der Waals surface area contributed by atoms with Gasteiger partial charge in [0, 0.05) is 26.4 Å². The summed E-state index contributed by atoms with van der Waals surface area (Å²) >= 11 is 0. The molecule has 3 rings (SSSR count). The maximum Gasteiger partial charge on any atom is 0.223 e. The van der Waals surface area contributed by atoms with Gasteiger partial charge in [-0.1, -0.05) is 5.16 Å². The fourth-order valence-corrected chi connectivity index (χ4v) is 3.14. The highest BCUT2D eigenvalue weighted by Gasteiger charge is 2.25. The van der Waals surface area contributed by atoms with Crippen molar-refractivity contribution in [2.24, 2.45) is 5.92 Å². The lowest BCUT2D eigenvalue weighted by molar-refractivity contribution is -0.136. The van der Waals surface area contributed by atoms with Crippen LogP contribution < -0.4 is 0 Å². The lowest BCUT2D eigenvalue weighted by atomic mass is 9.93. The number of aromatic nitrogens is 2. The van der Waals surface area contributed by atoms with Crippen LogP contribution >= 0.6 is 0 Å². The molecule has 0 aliphatic carbocycles. The van der Waals surface area contributed by atoms with Gasteiger partial charge in [-0.2, -0.15) is 4.98 Å². The van der Waals surface area contributed by atoms with Gasteiger partial charge in [0.05, 0.1) is 19.8 Å². The lowest BCUT2D eigenvalue weighted by Gasteiger charge is -2.33. The smallest absolute Gasteiger partial charge is 0.223 e. The Balaban J connectivity index is 1.40. The number of likely N-dealkylation sites (tertiary alicyclic amines) is 1. The lowest BCUT2D eigenvalue weighted by Crippen LogP contribution is -2.42. The number of carbonyl (C=O) groups excluding carboxylic acids is 1. The van der Waals surface area contributed by atoms with Crippen LogP contribution in [0, 0.1) is 12.8 Å². The number of amides is 1. The maximum atomic E-state index is 12.3. The van der Waals surface area contributed by atoms with Crippen LogP contribution in [0.4, 0.5) is 0 Å². The Morgan fingerprint density at radius 1 is 1.23 bits per heavy atom. The summed E-state index contributed by atoms with van der Waals surface area (Å²) in [5.41, 5.74) is 0. The first-order chi connectivity index (χ1) is 10.7. The van der Waals surface area contributed by atoms with Crippen LogP contribution in [0.1, 0.15) is 31.0 Å². The van der Waals surface area contributed by atoms with Crippen molar-refractivity contribution in [2.45, 2.75) is 32.7 Å². The first kappa shape index (κ1) is 15.4. The van der Waals surface area contributed by atoms with Crippen molar-refractivity contribution in [3.8, 4) is 0 Å². The highest BCUT2D eigenvalue weighted by atomic mass is 16.5. The number of aryl methyl sites for hydroxylation is 1. The Bertz CT molecular complexity index is 491. The molecule has 2 aliphatic rings. The minimum absolute atomic E-state index is 0.288. The largest absolute Gasteiger partial charge is 0.378 e. The van der Waals surface area contributed by atoms with E-state index in [0.717, 1.165) is 51.4 Å². The zero-order valence-electron chi connectivity index (χ0n) is 13.2. The monoisotopic (exact) mass is 308 g/mol. The molecule has 1 amide bonds. The van der Waals surface area contributed by atoms with Crippen molar-refractivity contribution in [1.29, 1.82) is 0 Å². The fourth-order valence-electron chi connectivity index (χ4n) is 3.14. The number of carbonyl (C=O) groups is 1. The zero-order valence-corrected chi connectivity index (χ0v) is 13.2. The molecule has 22 heavy (non-hydrogen) atoms. The molecule has 3 heterocycles. The van der Waals surface area contributed by atoms with Crippen LogP contribution in [0.15, 0.2) is 4.52 Å². The summed E-state index contributed by atoms with van der Waals surface area (Å²) < 4.78 is 10.3. The minimum Gasteiger partial charge on any atom is -0.378 e. The van der Waals surface area contributed by atoms with E-state index in [4.69, 9.17) is 9.26 Å². The van der Waals surface area contributed by atoms with Crippen LogP contribution in [0.25, 0.3) is 0 Å². The molecule has 0 atom stereocenters. The predicted molar refractivity (Wildman–Crippen MR) is 79.1 cm³/mol. The number of piperidine rings is 1. The van der Waals surface area contributed by atoms with Crippen molar-refractivity contribution in [2.75, 3.05) is 39.4 Å². The summed E-state index contributed by atoms with van der Waals surface area (Å²) in [5.74, 6) is 2.15. The van der Waals surface area contributed by atoms with Gasteiger partial charge in [0.25, 0.3) is 0 Å². The second-order valence-corrected chi connectivity index (χ2v) is 6.15. The number of nitrogens with zero attached hydrogens (tertiary/aromatic N) is 4. The fraction of sp³-hybridized carbons (Fsp3) is 0.800. The molecule has 1 aromatic rings. The average molecular weight is 308 g/mol. The summed E-state index contributed by atoms with van der Waals surface area (Å²) in [7, 11) is 0. The van der Waals surface area contributed by atoms with Gasteiger partial charge in [-0.05, 0) is 31.8 Å². The molecule has 0 unspecified atom stereocenters. The number of ether oxygens (including phenoxy) is 1. The maximum absolute atomic E-state index is 12.3. The Labute approximate surface area is 130 Å². The SMILES string of the molecule is Cc1nc(CN2CCC(CC(=O)N3CCOCC3)CC2)no1. The number of hydrogen-bond acceptors (Lipinski definition) is 6. The first-order valence-electron chi connectivity index (χ1n) is 8.08. The molecule has 0 spiro atoms. The molecule has 122 valence electrons. The van der Waals surface area contributed by atoms with Crippen LogP contribution in [-0.2, 0) is 16.1 Å². The van der Waals surface area contributed by atoms with E-state index in [9.17, 15) is 4.79 Å². The Morgan fingerprint density at radius 3 is 2.59 bits per heavy atom. The summed E-state index contributed by atoms with van der Waals surface area (Å²) in [6.07, 6.45) is 2.80. The van der Waals surface area contributed by atoms with E-state index < -0.39 is 0 Å². The van der Waals surface area contributed by atoms with Crippen LogP contribution in [0.3, 0.4) is 0 Å². The van der Waals surface area contributed by atoms with Gasteiger partial charge in [-0.15, -0.1) is 0 Å². The van der Waals surface area contributed by atoms with Crippen molar-refractivity contribution in [1.82, 2.24) is 19.9 Å². The third-order valence-corrected chi connectivity index (χ3v) is 4.47. The molecule has 1 aromatic heterocycles. The predicted octanol–water partition coefficient (Wildman–Crippen LogP) is 0.839. The molecule has 7 heteroatoms. The Morgan fingerprint density at radius 2 is 1.95 bits per heavy atom. The van der Waals surface area contributed by atoms with E-state index in [0.29, 0.717) is 31.4 Å². The van der Waals surface area contributed by atoms with E-state index in [2.05, 4.69) is 15.0 Å². The topological polar surface area (TPSA) is 71.7 Å². The quantitative estimate of drug-likeness (QED) is 0.821. The van der Waals surface area contributed by atoms with E-state index in [1.54, 1.807) is 6.92 Å². The molecule has 0 saturated carbocycles. The third kappa shape index (κ3) is 4.04. The van der Waals surface area contributed by atoms with Gasteiger partial charge >= 0.3 is 0 Å². The van der Waals surface area contributed by atoms with Gasteiger partial charge in [0.15, 0.2) is 5.82 Å². The van der Waals surface area contributed by atoms with Crippen molar-refractivity contribution in [3.05, 3.63) is 11.7 Å². The molecule has 2 fully saturated rings. The van der Waals surface area contributed by atoms with Gasteiger partial charge in [0.2, 0.25) is 11.8 Å². The molecular weight excluding hydrogens is 284 g/mol. The summed E-state index contributed by atoms with van der Waals surface area (Å²) in [6.45, 7) is 7.37. The van der Waals surface area contributed by atoms with Gasteiger partial charge in [0.1, 0.15) is 0 Å². The van der Waals surface area contributed by atoms with Gasteiger partial charge in [-0.3, -0.25) is 9.69 Å². The molecule has 2 aliphatic heterocycles. The Hall–Kier alpha value is -1.47. The van der Waals surface area contributed by atoms with Crippen molar-refractivity contribution >= 4 is 5.91 Å². The van der Waals surface area contributed by atoms with E-state index >= 15 is 0 Å². The van der Waals surface area contributed by atoms with E-state index in [1.807, 2.05) is 4.90 Å². The van der Waals surface area contributed by atoms with Crippen LogP contribution in [0.2, 0.25) is 0 Å². The molecule has 0 N–H and O–H groups in total. The molecule has 0 bridgehead atoms. The van der Waals surface area contributed by atoms with Crippen molar-refractivity contribution < 1.29 is 14.1 Å². The summed E-state index contributed by atoms with van der Waals surface area (Å²) in [5, 5.41) is 3.94. The number of morpholine rings is 1. The average Bonchev–Trinajstić information content (AvgIpc) is 2.95. The first-order valence-corrected chi connectivity index (χ1v) is 8.08. The van der Waals surface area contributed by atoms with E-state index in [-0.39, 0.29) is 5.91 Å². The molecular formula is C15H24N4O3. The number of hydrogen-bond donors (Lipinski definition) is 0. The molecule has 7 nitrogen and oxygen atoms in total. The highest BCUT2D eigenvalue weighted by molar-refractivity contribution is 5.76. The van der Waals surface area contributed by atoms with Crippen molar-refractivity contribution in [3.63, 3.8) is 0 Å². The third-order valence-electron chi connectivity index (χ3n) is 4.47. The highest BCUT2D eigenvalue weighted by Crippen LogP contribution is 2.22. The zero-order chi connectivity index (χ0) is 15.4. The van der Waals surface area contributed by atoms with Gasteiger partial charge < -0.3 is 14.2 Å². The summed E-state index contributed by atoms with van der Waals surface area (Å²) in [4.78, 5) is 20.8. The van der Waals surface area contributed by atoms with Crippen LogP contribution in [0.5, 0.6) is 0 Å². The number of rotatable bonds is 4. The standard InChI is InChI=1S/C15H24N4O3/c1-12-16-14(17-22-12)11-18-4-2-13(3-5-18)10-15(20)19-6-8-21-9-7-19/h13H,2-11H2,1H3. The Kier molecular flexibility index (Phi) is 5.04. The van der Waals surface area contributed by atoms with Crippen LogP contribution in [-0.4, -0.2) is 65.2 Å². The second kappa shape index (κ2) is 7.19. The van der Waals surface area contributed by atoms with E-state index in [1.165, 1.54) is 0 Å². The minimum atomic E-state index is 0.288. The van der Waals surface area contributed by atoms with Gasteiger partial charge in [-0.25, -0.2) is 0 Å².